The van der Waals surface area contributed by atoms with Crippen LogP contribution in [0.5, 0.6) is 0 Å². The summed E-state index contributed by atoms with van der Waals surface area (Å²) in [4.78, 5) is 2.38. The Labute approximate surface area is 123 Å². The van der Waals surface area contributed by atoms with E-state index >= 15 is 0 Å². The van der Waals surface area contributed by atoms with Crippen molar-refractivity contribution in [3.8, 4) is 0 Å². The Morgan fingerprint density at radius 3 is 2.85 bits per heavy atom. The lowest BCUT2D eigenvalue weighted by atomic mass is 10.1. The molecule has 2 rings (SSSR count). The van der Waals surface area contributed by atoms with E-state index in [1.807, 2.05) is 0 Å². The molecule has 1 heterocycles. The molecule has 1 fully saturated rings. The quantitative estimate of drug-likeness (QED) is 0.739. The maximum atomic E-state index is 5.71. The normalized spacial score (nSPS) is 19.4. The first-order valence-electron chi connectivity index (χ1n) is 7.89. The third-order valence-electron chi connectivity index (χ3n) is 3.83. The highest BCUT2D eigenvalue weighted by molar-refractivity contribution is 5.14. The number of rotatable bonds is 8. The highest BCUT2D eigenvalue weighted by Gasteiger charge is 2.12. The van der Waals surface area contributed by atoms with Gasteiger partial charge >= 0.3 is 0 Å². The van der Waals surface area contributed by atoms with Crippen LogP contribution in [0, 0.1) is 0 Å². The third-order valence-corrected chi connectivity index (χ3v) is 3.83. The summed E-state index contributed by atoms with van der Waals surface area (Å²) < 4.78 is 5.71. The first-order valence-corrected chi connectivity index (χ1v) is 7.89. The summed E-state index contributed by atoms with van der Waals surface area (Å²) in [6, 6.07) is 10.7. The lowest BCUT2D eigenvalue weighted by molar-refractivity contribution is 0.0170. The van der Waals surface area contributed by atoms with E-state index in [2.05, 4.69) is 47.6 Å². The Bertz CT molecular complexity index is 349. The minimum absolute atomic E-state index is 0.450. The molecule has 112 valence electrons. The molecule has 1 aromatic carbocycles. The van der Waals surface area contributed by atoms with Crippen LogP contribution in [-0.2, 0) is 11.3 Å². The second-order valence-corrected chi connectivity index (χ2v) is 5.77. The van der Waals surface area contributed by atoms with Gasteiger partial charge in [0.2, 0.25) is 0 Å². The number of benzene rings is 1. The van der Waals surface area contributed by atoms with Gasteiger partial charge in [-0.1, -0.05) is 30.3 Å². The van der Waals surface area contributed by atoms with Gasteiger partial charge in [-0.25, -0.2) is 0 Å². The van der Waals surface area contributed by atoms with Crippen LogP contribution in [-0.4, -0.2) is 44.3 Å². The summed E-state index contributed by atoms with van der Waals surface area (Å²) in [6.07, 6.45) is 5.43. The second-order valence-electron chi connectivity index (χ2n) is 5.77. The Kier molecular flexibility index (Phi) is 7.06. The van der Waals surface area contributed by atoms with Gasteiger partial charge in [0.15, 0.2) is 0 Å². The predicted molar refractivity (Wildman–Crippen MR) is 83.9 cm³/mol. The van der Waals surface area contributed by atoms with Crippen LogP contribution in [0.1, 0.15) is 31.2 Å². The topological polar surface area (TPSA) is 24.5 Å². The first-order chi connectivity index (χ1) is 9.84. The summed E-state index contributed by atoms with van der Waals surface area (Å²) in [5.74, 6) is 0. The fraction of sp³-hybridized carbons (Fsp3) is 0.647. The van der Waals surface area contributed by atoms with Crippen molar-refractivity contribution in [1.82, 2.24) is 10.2 Å². The number of nitrogens with zero attached hydrogens (tertiary/aromatic N) is 1. The first kappa shape index (κ1) is 15.5. The van der Waals surface area contributed by atoms with Crippen molar-refractivity contribution >= 4 is 0 Å². The van der Waals surface area contributed by atoms with Gasteiger partial charge < -0.3 is 15.0 Å². The molecule has 1 saturated heterocycles. The minimum atomic E-state index is 0.450. The SMILES string of the molecule is CN(CCCNCC1CCCCO1)Cc1ccccc1. The lowest BCUT2D eigenvalue weighted by Gasteiger charge is -2.23. The lowest BCUT2D eigenvalue weighted by Crippen LogP contribution is -2.33. The highest BCUT2D eigenvalue weighted by Crippen LogP contribution is 2.11. The summed E-state index contributed by atoms with van der Waals surface area (Å²) in [6.45, 7) is 5.22. The molecule has 1 aliphatic heterocycles. The molecule has 3 heteroatoms. The molecule has 0 bridgehead atoms. The average molecular weight is 276 g/mol. The highest BCUT2D eigenvalue weighted by atomic mass is 16.5. The third kappa shape index (κ3) is 6.04. The van der Waals surface area contributed by atoms with Crippen LogP contribution in [0.25, 0.3) is 0 Å². The zero-order valence-corrected chi connectivity index (χ0v) is 12.7. The molecule has 0 aromatic heterocycles. The summed E-state index contributed by atoms with van der Waals surface area (Å²) in [5.41, 5.74) is 1.39. The average Bonchev–Trinajstić information content (AvgIpc) is 2.49. The van der Waals surface area contributed by atoms with E-state index in [1.165, 1.54) is 31.2 Å². The van der Waals surface area contributed by atoms with Crippen molar-refractivity contribution in [2.24, 2.45) is 0 Å². The van der Waals surface area contributed by atoms with Gasteiger partial charge in [-0.2, -0.15) is 0 Å². The Morgan fingerprint density at radius 1 is 1.25 bits per heavy atom. The van der Waals surface area contributed by atoms with Crippen LogP contribution >= 0.6 is 0 Å². The molecule has 3 nitrogen and oxygen atoms in total. The van der Waals surface area contributed by atoms with Crippen LogP contribution in [0.15, 0.2) is 30.3 Å². The molecule has 0 amide bonds. The monoisotopic (exact) mass is 276 g/mol. The van der Waals surface area contributed by atoms with Crippen LogP contribution in [0.4, 0.5) is 0 Å². The Morgan fingerprint density at radius 2 is 2.10 bits per heavy atom. The van der Waals surface area contributed by atoms with Gasteiger partial charge in [0.1, 0.15) is 0 Å². The molecule has 1 aromatic rings. The maximum Gasteiger partial charge on any atom is 0.0699 e. The summed E-state index contributed by atoms with van der Waals surface area (Å²) >= 11 is 0. The largest absolute Gasteiger partial charge is 0.377 e. The number of ether oxygens (including phenoxy) is 1. The zero-order chi connectivity index (χ0) is 14.0. The molecule has 0 radical (unpaired) electrons. The molecule has 20 heavy (non-hydrogen) atoms. The molecule has 1 N–H and O–H groups in total. The second kappa shape index (κ2) is 9.11. The van der Waals surface area contributed by atoms with Crippen molar-refractivity contribution in [2.45, 2.75) is 38.3 Å². The summed E-state index contributed by atoms with van der Waals surface area (Å²) in [7, 11) is 2.19. The van der Waals surface area contributed by atoms with Crippen LogP contribution in [0.2, 0.25) is 0 Å². The molecule has 0 aliphatic carbocycles. The van der Waals surface area contributed by atoms with E-state index in [4.69, 9.17) is 4.74 Å². The van der Waals surface area contributed by atoms with Crippen LogP contribution in [0.3, 0.4) is 0 Å². The van der Waals surface area contributed by atoms with Crippen LogP contribution < -0.4 is 5.32 Å². The van der Waals surface area contributed by atoms with Gasteiger partial charge in [-0.05, 0) is 51.4 Å². The van der Waals surface area contributed by atoms with E-state index in [0.29, 0.717) is 6.10 Å². The van der Waals surface area contributed by atoms with E-state index in [0.717, 1.165) is 32.8 Å². The van der Waals surface area contributed by atoms with Gasteiger partial charge in [0.05, 0.1) is 6.10 Å². The molecular weight excluding hydrogens is 248 g/mol. The van der Waals surface area contributed by atoms with E-state index in [-0.39, 0.29) is 0 Å². The van der Waals surface area contributed by atoms with Crippen molar-refractivity contribution in [3.63, 3.8) is 0 Å². The number of nitrogens with one attached hydrogen (secondary N) is 1. The van der Waals surface area contributed by atoms with Gasteiger partial charge in [-0.3, -0.25) is 0 Å². The molecule has 1 atom stereocenters. The molecule has 1 aliphatic rings. The molecule has 0 spiro atoms. The molecule has 0 saturated carbocycles. The van der Waals surface area contributed by atoms with E-state index in [9.17, 15) is 0 Å². The zero-order valence-electron chi connectivity index (χ0n) is 12.7. The van der Waals surface area contributed by atoms with Crippen molar-refractivity contribution in [3.05, 3.63) is 35.9 Å². The van der Waals surface area contributed by atoms with Gasteiger partial charge in [0, 0.05) is 19.7 Å². The molecular formula is C17H28N2O. The van der Waals surface area contributed by atoms with Crippen molar-refractivity contribution in [1.29, 1.82) is 0 Å². The fourth-order valence-electron chi connectivity index (χ4n) is 2.68. The predicted octanol–water partition coefficient (Wildman–Crippen LogP) is 2.67. The Balaban J connectivity index is 1.50. The smallest absolute Gasteiger partial charge is 0.0699 e. The summed E-state index contributed by atoms with van der Waals surface area (Å²) in [5, 5.41) is 3.52. The van der Waals surface area contributed by atoms with E-state index < -0.39 is 0 Å². The van der Waals surface area contributed by atoms with Gasteiger partial charge in [-0.15, -0.1) is 0 Å². The van der Waals surface area contributed by atoms with E-state index in [1.54, 1.807) is 0 Å². The number of hydrogen-bond donors (Lipinski definition) is 1. The van der Waals surface area contributed by atoms with Crippen molar-refractivity contribution in [2.75, 3.05) is 33.3 Å². The number of hydrogen-bond acceptors (Lipinski definition) is 3. The maximum absolute atomic E-state index is 5.71. The minimum Gasteiger partial charge on any atom is -0.377 e. The van der Waals surface area contributed by atoms with Gasteiger partial charge in [0.25, 0.3) is 0 Å². The fourth-order valence-corrected chi connectivity index (χ4v) is 2.68. The van der Waals surface area contributed by atoms with Crippen molar-refractivity contribution < 1.29 is 4.74 Å². The standard InChI is InChI=1S/C17H28N2O/c1-19(15-16-8-3-2-4-9-16)12-7-11-18-14-17-10-5-6-13-20-17/h2-4,8-9,17-18H,5-7,10-15H2,1H3. The molecule has 1 unspecified atom stereocenters. The Hall–Kier alpha value is -0.900.